The molecule has 4 aliphatic rings. The molecule has 190 valence electrons. The van der Waals surface area contributed by atoms with E-state index < -0.39 is 5.60 Å². The Labute approximate surface area is 213 Å². The second kappa shape index (κ2) is 10.1. The van der Waals surface area contributed by atoms with Gasteiger partial charge in [-0.15, -0.1) is 0 Å². The van der Waals surface area contributed by atoms with Gasteiger partial charge in [-0.05, 0) is 29.9 Å². The van der Waals surface area contributed by atoms with Crippen LogP contribution in [-0.2, 0) is 23.5 Å². The number of fused-ring (bicyclic) bond motifs is 3. The van der Waals surface area contributed by atoms with Crippen molar-refractivity contribution in [1.29, 1.82) is 0 Å². The van der Waals surface area contributed by atoms with Crippen LogP contribution in [0, 0.1) is 11.8 Å². The van der Waals surface area contributed by atoms with E-state index in [4.69, 9.17) is 14.2 Å². The minimum absolute atomic E-state index is 0.104. The molecular formula is C30H38N3O3+. The van der Waals surface area contributed by atoms with Crippen LogP contribution < -0.4 is 0 Å². The summed E-state index contributed by atoms with van der Waals surface area (Å²) < 4.78 is 13.2. The van der Waals surface area contributed by atoms with Crippen LogP contribution in [0.3, 0.4) is 0 Å². The number of nitrogens with zero attached hydrogens (tertiary/aromatic N) is 3. The molecule has 2 atom stereocenters. The molecule has 3 aliphatic heterocycles. The smallest absolute Gasteiger partial charge is 0.282 e. The van der Waals surface area contributed by atoms with Gasteiger partial charge in [-0.3, -0.25) is 0 Å². The van der Waals surface area contributed by atoms with Gasteiger partial charge in [0, 0.05) is 18.8 Å². The molecule has 0 spiro atoms. The molecule has 4 heterocycles. The van der Waals surface area contributed by atoms with E-state index in [-0.39, 0.29) is 12.0 Å². The van der Waals surface area contributed by atoms with Crippen LogP contribution in [0.25, 0.3) is 0 Å². The number of hydrogen-bond donors (Lipinski definition) is 1. The zero-order valence-corrected chi connectivity index (χ0v) is 21.1. The molecule has 1 N–H and O–H groups in total. The van der Waals surface area contributed by atoms with Crippen LogP contribution >= 0.6 is 0 Å². The van der Waals surface area contributed by atoms with Crippen molar-refractivity contribution in [2.24, 2.45) is 11.8 Å². The molecule has 6 nitrogen and oxygen atoms in total. The topological polar surface area (TPSA) is 68.4 Å². The van der Waals surface area contributed by atoms with Crippen LogP contribution in [-0.4, -0.2) is 45.5 Å². The number of aromatic nitrogens is 2. The number of rotatable bonds is 8. The number of hydrogen-bond acceptors (Lipinski definition) is 5. The second-order valence-corrected chi connectivity index (χ2v) is 11.3. The van der Waals surface area contributed by atoms with Crippen LogP contribution in [0.1, 0.15) is 67.8 Å². The predicted molar refractivity (Wildman–Crippen MR) is 137 cm³/mol. The van der Waals surface area contributed by atoms with E-state index in [0.29, 0.717) is 30.8 Å². The lowest BCUT2D eigenvalue weighted by molar-refractivity contribution is -0.959. The van der Waals surface area contributed by atoms with Crippen molar-refractivity contribution < 1.29 is 18.8 Å². The standard InChI is InChI=1S/C30H38N3O3/c34-30(25-12-6-2-7-13-25,26-14-8-3-9-15-26)29-31-28(36-32-29)21-33-18-16-24(17-19-33)27(20-33)35-22-23-10-4-1-5-11-23/h1-2,4-7,10-13,24,26-27,34H,3,8-9,14-22H2/q+1. The van der Waals surface area contributed by atoms with Crippen molar-refractivity contribution in [1.82, 2.24) is 10.1 Å². The van der Waals surface area contributed by atoms with Gasteiger partial charge >= 0.3 is 0 Å². The highest BCUT2D eigenvalue weighted by molar-refractivity contribution is 5.30. The molecule has 2 unspecified atom stereocenters. The first-order valence-electron chi connectivity index (χ1n) is 13.8. The Kier molecular flexibility index (Phi) is 6.67. The van der Waals surface area contributed by atoms with Crippen LogP contribution in [0.2, 0.25) is 0 Å². The minimum atomic E-state index is -1.21. The van der Waals surface area contributed by atoms with Crippen molar-refractivity contribution >= 4 is 0 Å². The normalized spacial score (nSPS) is 28.1. The Balaban J connectivity index is 1.20. The third-order valence-corrected chi connectivity index (χ3v) is 9.04. The minimum Gasteiger partial charge on any atom is -0.377 e. The lowest BCUT2D eigenvalue weighted by Gasteiger charge is -2.51. The Hall–Kier alpha value is -2.54. The third-order valence-electron chi connectivity index (χ3n) is 9.04. The summed E-state index contributed by atoms with van der Waals surface area (Å²) in [5.41, 5.74) is 0.883. The molecule has 1 aliphatic carbocycles. The summed E-state index contributed by atoms with van der Waals surface area (Å²) in [4.78, 5) is 4.87. The Morgan fingerprint density at radius 2 is 1.61 bits per heavy atom. The Morgan fingerprint density at radius 3 is 2.33 bits per heavy atom. The van der Waals surface area contributed by atoms with Gasteiger partial charge in [0.2, 0.25) is 5.82 Å². The predicted octanol–water partition coefficient (Wildman–Crippen LogP) is 5.21. The second-order valence-electron chi connectivity index (χ2n) is 11.3. The largest absolute Gasteiger partial charge is 0.377 e. The summed E-state index contributed by atoms with van der Waals surface area (Å²) in [5.74, 6) is 1.81. The zero-order valence-electron chi connectivity index (χ0n) is 21.1. The average molecular weight is 489 g/mol. The van der Waals surface area contributed by atoms with Gasteiger partial charge in [0.1, 0.15) is 12.6 Å². The van der Waals surface area contributed by atoms with Gasteiger partial charge < -0.3 is 18.8 Å². The number of benzene rings is 2. The number of piperidine rings is 3. The van der Waals surface area contributed by atoms with E-state index >= 15 is 0 Å². The number of quaternary nitrogens is 1. The monoisotopic (exact) mass is 488 g/mol. The quantitative estimate of drug-likeness (QED) is 0.441. The van der Waals surface area contributed by atoms with Crippen molar-refractivity contribution in [3.8, 4) is 0 Å². The van der Waals surface area contributed by atoms with Crippen molar-refractivity contribution in [2.45, 2.75) is 69.8 Å². The molecule has 3 aromatic rings. The Morgan fingerprint density at radius 1 is 0.917 bits per heavy atom. The molecule has 3 saturated heterocycles. The summed E-state index contributed by atoms with van der Waals surface area (Å²) in [6.07, 6.45) is 8.08. The van der Waals surface area contributed by atoms with Gasteiger partial charge in [0.15, 0.2) is 12.1 Å². The molecule has 0 amide bonds. The fraction of sp³-hybridized carbons (Fsp3) is 0.533. The zero-order chi connectivity index (χ0) is 24.4. The van der Waals surface area contributed by atoms with E-state index in [2.05, 4.69) is 29.4 Å². The Bertz CT molecular complexity index is 1120. The lowest BCUT2D eigenvalue weighted by Crippen LogP contribution is -2.63. The summed E-state index contributed by atoms with van der Waals surface area (Å²) in [7, 11) is 0. The third kappa shape index (κ3) is 4.62. The van der Waals surface area contributed by atoms with E-state index in [0.717, 1.165) is 55.4 Å². The van der Waals surface area contributed by atoms with Crippen molar-refractivity contribution in [2.75, 3.05) is 19.6 Å². The maximum absolute atomic E-state index is 12.1. The number of ether oxygens (including phenoxy) is 1. The fourth-order valence-corrected chi connectivity index (χ4v) is 6.93. The molecule has 2 bridgehead atoms. The average Bonchev–Trinajstić information content (AvgIpc) is 3.42. The molecule has 1 saturated carbocycles. The molecule has 36 heavy (non-hydrogen) atoms. The van der Waals surface area contributed by atoms with Gasteiger partial charge in [-0.25, -0.2) is 0 Å². The lowest BCUT2D eigenvalue weighted by atomic mass is 9.73. The SMILES string of the molecule is OC(c1ccccc1)(c1noc(C[N+]23CCC(CC2)C(OCc2ccccc2)C3)n1)C1CCCCC1. The summed E-state index contributed by atoms with van der Waals surface area (Å²) in [6, 6.07) is 20.4. The molecule has 7 rings (SSSR count). The van der Waals surface area contributed by atoms with Gasteiger partial charge in [0.05, 0.1) is 19.7 Å². The molecule has 6 heteroatoms. The number of aliphatic hydroxyl groups is 1. The summed E-state index contributed by atoms with van der Waals surface area (Å²) in [6.45, 7) is 4.61. The summed E-state index contributed by atoms with van der Waals surface area (Å²) >= 11 is 0. The van der Waals surface area contributed by atoms with E-state index in [1.165, 1.54) is 24.8 Å². The highest BCUT2D eigenvalue weighted by Crippen LogP contribution is 2.43. The molecular weight excluding hydrogens is 450 g/mol. The van der Waals surface area contributed by atoms with E-state index in [1.807, 2.05) is 36.4 Å². The van der Waals surface area contributed by atoms with Gasteiger partial charge in [-0.1, -0.05) is 85.1 Å². The highest BCUT2D eigenvalue weighted by Gasteiger charge is 2.49. The maximum Gasteiger partial charge on any atom is 0.282 e. The molecule has 2 aromatic carbocycles. The van der Waals surface area contributed by atoms with Crippen molar-refractivity contribution in [3.63, 3.8) is 0 Å². The van der Waals surface area contributed by atoms with Crippen LogP contribution in [0.15, 0.2) is 65.2 Å². The molecule has 1 aromatic heterocycles. The first kappa shape index (κ1) is 23.8. The first-order chi connectivity index (χ1) is 17.6. The van der Waals surface area contributed by atoms with Crippen LogP contribution in [0.5, 0.6) is 0 Å². The van der Waals surface area contributed by atoms with Gasteiger partial charge in [-0.2, -0.15) is 4.98 Å². The maximum atomic E-state index is 12.1. The fourth-order valence-electron chi connectivity index (χ4n) is 6.93. The first-order valence-corrected chi connectivity index (χ1v) is 13.8. The molecule has 4 fully saturated rings. The van der Waals surface area contributed by atoms with Gasteiger partial charge in [0.25, 0.3) is 5.89 Å². The van der Waals surface area contributed by atoms with Crippen molar-refractivity contribution in [3.05, 3.63) is 83.5 Å². The summed E-state index contributed by atoms with van der Waals surface area (Å²) in [5, 5.41) is 16.5. The van der Waals surface area contributed by atoms with Crippen LogP contribution in [0.4, 0.5) is 0 Å². The van der Waals surface area contributed by atoms with E-state index in [9.17, 15) is 5.11 Å². The highest BCUT2D eigenvalue weighted by atomic mass is 16.5. The molecule has 0 radical (unpaired) electrons. The van der Waals surface area contributed by atoms with E-state index in [1.54, 1.807) is 0 Å².